The lowest BCUT2D eigenvalue weighted by Crippen LogP contribution is -2.35. The van der Waals surface area contributed by atoms with Gasteiger partial charge in [-0.2, -0.15) is 0 Å². The highest BCUT2D eigenvalue weighted by atomic mass is 16.4. The molecule has 0 radical (unpaired) electrons. The number of nitrogens with two attached hydrogens (primary N) is 1. The molecule has 2 atom stereocenters. The molecule has 1 aliphatic rings. The van der Waals surface area contributed by atoms with Crippen molar-refractivity contribution in [1.29, 1.82) is 0 Å². The van der Waals surface area contributed by atoms with Gasteiger partial charge < -0.3 is 15.5 Å². The van der Waals surface area contributed by atoms with Gasteiger partial charge in [-0.1, -0.05) is 12.8 Å². The van der Waals surface area contributed by atoms with Gasteiger partial charge >= 0.3 is 5.76 Å². The van der Waals surface area contributed by atoms with Crippen LogP contribution in [0.4, 0.5) is 5.69 Å². The van der Waals surface area contributed by atoms with E-state index >= 15 is 0 Å². The summed E-state index contributed by atoms with van der Waals surface area (Å²) in [6.45, 7) is 0. The van der Waals surface area contributed by atoms with Crippen LogP contribution in [-0.2, 0) is 4.79 Å². The third kappa shape index (κ3) is 3.16. The van der Waals surface area contributed by atoms with Crippen molar-refractivity contribution < 1.29 is 9.21 Å². The van der Waals surface area contributed by atoms with Gasteiger partial charge in [-0.15, -0.1) is 0 Å². The van der Waals surface area contributed by atoms with E-state index in [2.05, 4.69) is 10.3 Å². The Morgan fingerprint density at radius 2 is 2.19 bits per heavy atom. The Balaban J connectivity index is 1.66. The molecule has 1 amide bonds. The highest BCUT2D eigenvalue weighted by molar-refractivity contribution is 5.92. The van der Waals surface area contributed by atoms with E-state index in [0.29, 0.717) is 23.2 Å². The number of aromatic amines is 1. The number of hydrogen-bond acceptors (Lipinski definition) is 4. The van der Waals surface area contributed by atoms with Crippen molar-refractivity contribution >= 4 is 22.7 Å². The molecule has 2 aromatic rings. The Bertz CT molecular complexity index is 703. The molecule has 0 saturated heterocycles. The lowest BCUT2D eigenvalue weighted by molar-refractivity contribution is -0.117. The largest absolute Gasteiger partial charge is 0.417 e. The second kappa shape index (κ2) is 5.73. The van der Waals surface area contributed by atoms with Gasteiger partial charge in [0.15, 0.2) is 5.58 Å². The molecular formula is C15H19N3O3. The maximum Gasteiger partial charge on any atom is 0.417 e. The number of benzene rings is 1. The molecule has 6 heteroatoms. The Morgan fingerprint density at radius 3 is 3.00 bits per heavy atom. The monoisotopic (exact) mass is 289 g/mol. The number of carbonyl (C=O) groups excluding carboxylic acids is 1. The van der Waals surface area contributed by atoms with Crippen LogP contribution in [0.25, 0.3) is 11.1 Å². The van der Waals surface area contributed by atoms with Gasteiger partial charge in [0, 0.05) is 18.2 Å². The fraction of sp³-hybridized carbons (Fsp3) is 0.467. The molecule has 4 N–H and O–H groups in total. The summed E-state index contributed by atoms with van der Waals surface area (Å²) >= 11 is 0. The van der Waals surface area contributed by atoms with Gasteiger partial charge in [0.05, 0.1) is 5.52 Å². The van der Waals surface area contributed by atoms with Crippen molar-refractivity contribution in [2.75, 3.05) is 5.32 Å². The minimum atomic E-state index is -0.498. The van der Waals surface area contributed by atoms with Gasteiger partial charge in [-0.25, -0.2) is 4.79 Å². The SMILES string of the molecule is NC1CCCCC1CC(=O)Nc1ccc2oc(=O)[nH]c2c1. The van der Waals surface area contributed by atoms with Crippen LogP contribution in [0.3, 0.4) is 0 Å². The number of H-pyrrole nitrogens is 1. The van der Waals surface area contributed by atoms with E-state index in [4.69, 9.17) is 10.2 Å². The first-order chi connectivity index (χ1) is 10.1. The van der Waals surface area contributed by atoms with Gasteiger partial charge in [0.25, 0.3) is 0 Å². The molecule has 1 heterocycles. The molecule has 2 unspecified atom stereocenters. The van der Waals surface area contributed by atoms with Crippen LogP contribution in [0.1, 0.15) is 32.1 Å². The van der Waals surface area contributed by atoms with Crippen LogP contribution in [0.5, 0.6) is 0 Å². The lowest BCUT2D eigenvalue weighted by Gasteiger charge is -2.27. The Hall–Kier alpha value is -2.08. The highest BCUT2D eigenvalue weighted by Crippen LogP contribution is 2.26. The van der Waals surface area contributed by atoms with Crippen molar-refractivity contribution in [2.24, 2.45) is 11.7 Å². The maximum atomic E-state index is 12.1. The van der Waals surface area contributed by atoms with Gasteiger partial charge in [0.2, 0.25) is 5.91 Å². The van der Waals surface area contributed by atoms with Gasteiger partial charge in [-0.05, 0) is 37.0 Å². The van der Waals surface area contributed by atoms with Crippen LogP contribution in [0.15, 0.2) is 27.4 Å². The van der Waals surface area contributed by atoms with Crippen molar-refractivity contribution in [1.82, 2.24) is 4.98 Å². The number of hydrogen-bond donors (Lipinski definition) is 3. The number of nitrogens with one attached hydrogen (secondary N) is 2. The standard InChI is InChI=1S/C15H19N3O3/c16-11-4-2-1-3-9(11)7-14(19)17-10-5-6-13-12(8-10)18-15(20)21-13/h5-6,8-9,11H,1-4,7,16H2,(H,17,19)(H,18,20). The fourth-order valence-corrected chi connectivity index (χ4v) is 2.97. The molecule has 0 spiro atoms. The second-order valence-electron chi connectivity index (χ2n) is 5.69. The molecule has 1 saturated carbocycles. The summed E-state index contributed by atoms with van der Waals surface area (Å²) in [5.41, 5.74) is 7.77. The van der Waals surface area contributed by atoms with Crippen LogP contribution < -0.4 is 16.8 Å². The van der Waals surface area contributed by atoms with Gasteiger partial charge in [-0.3, -0.25) is 9.78 Å². The number of oxazole rings is 1. The summed E-state index contributed by atoms with van der Waals surface area (Å²) in [4.78, 5) is 25.8. The minimum Gasteiger partial charge on any atom is -0.408 e. The molecule has 1 aromatic carbocycles. The Morgan fingerprint density at radius 1 is 1.38 bits per heavy atom. The zero-order valence-corrected chi connectivity index (χ0v) is 11.7. The van der Waals surface area contributed by atoms with Crippen molar-refractivity contribution in [3.63, 3.8) is 0 Å². The molecule has 3 rings (SSSR count). The Labute approximate surface area is 121 Å². The minimum absolute atomic E-state index is 0.0393. The smallest absolute Gasteiger partial charge is 0.408 e. The number of fused-ring (bicyclic) bond motifs is 1. The molecule has 0 bridgehead atoms. The fourth-order valence-electron chi connectivity index (χ4n) is 2.97. The van der Waals surface area contributed by atoms with Crippen LogP contribution in [-0.4, -0.2) is 16.9 Å². The predicted octanol–water partition coefficient (Wildman–Crippen LogP) is 1.97. The van der Waals surface area contributed by atoms with Crippen LogP contribution in [0, 0.1) is 5.92 Å². The third-order valence-electron chi connectivity index (χ3n) is 4.12. The molecule has 21 heavy (non-hydrogen) atoms. The van der Waals surface area contributed by atoms with Crippen LogP contribution >= 0.6 is 0 Å². The molecule has 1 aliphatic carbocycles. The number of carbonyl (C=O) groups is 1. The number of rotatable bonds is 3. The predicted molar refractivity (Wildman–Crippen MR) is 80.0 cm³/mol. The van der Waals surface area contributed by atoms with Crippen molar-refractivity contribution in [3.8, 4) is 0 Å². The van der Waals surface area contributed by atoms with E-state index in [1.54, 1.807) is 18.2 Å². The maximum absolute atomic E-state index is 12.1. The summed E-state index contributed by atoms with van der Waals surface area (Å²) in [7, 11) is 0. The molecule has 0 aliphatic heterocycles. The zero-order chi connectivity index (χ0) is 14.8. The highest BCUT2D eigenvalue weighted by Gasteiger charge is 2.24. The summed E-state index contributed by atoms with van der Waals surface area (Å²) < 4.78 is 4.92. The van der Waals surface area contributed by atoms with E-state index in [0.717, 1.165) is 25.7 Å². The topological polar surface area (TPSA) is 101 Å². The summed E-state index contributed by atoms with van der Waals surface area (Å²) in [5.74, 6) is -0.277. The van der Waals surface area contributed by atoms with E-state index in [-0.39, 0.29) is 17.9 Å². The van der Waals surface area contributed by atoms with Crippen molar-refractivity contribution in [3.05, 3.63) is 28.7 Å². The lowest BCUT2D eigenvalue weighted by atomic mass is 9.83. The van der Waals surface area contributed by atoms with E-state index in [1.807, 2.05) is 0 Å². The van der Waals surface area contributed by atoms with E-state index < -0.39 is 5.76 Å². The first-order valence-electron chi connectivity index (χ1n) is 7.30. The number of anilines is 1. The number of amides is 1. The Kier molecular flexibility index (Phi) is 3.79. The normalized spacial score (nSPS) is 22.3. The molecule has 112 valence electrons. The van der Waals surface area contributed by atoms with E-state index in [9.17, 15) is 9.59 Å². The second-order valence-corrected chi connectivity index (χ2v) is 5.69. The third-order valence-corrected chi connectivity index (χ3v) is 4.12. The number of aromatic nitrogens is 1. The van der Waals surface area contributed by atoms with Crippen LogP contribution in [0.2, 0.25) is 0 Å². The molecule has 1 fully saturated rings. The van der Waals surface area contributed by atoms with Gasteiger partial charge in [0.1, 0.15) is 0 Å². The first kappa shape index (κ1) is 13.9. The van der Waals surface area contributed by atoms with E-state index in [1.165, 1.54) is 0 Å². The first-order valence-corrected chi connectivity index (χ1v) is 7.30. The molecular weight excluding hydrogens is 270 g/mol. The average molecular weight is 289 g/mol. The average Bonchev–Trinajstić information content (AvgIpc) is 2.80. The summed E-state index contributed by atoms with van der Waals surface area (Å²) in [5, 5.41) is 2.85. The summed E-state index contributed by atoms with van der Waals surface area (Å²) in [6.07, 6.45) is 4.77. The quantitative estimate of drug-likeness (QED) is 0.804. The zero-order valence-electron chi connectivity index (χ0n) is 11.7. The van der Waals surface area contributed by atoms with Crippen molar-refractivity contribution in [2.45, 2.75) is 38.1 Å². The summed E-state index contributed by atoms with van der Waals surface area (Å²) in [6, 6.07) is 5.20. The molecule has 6 nitrogen and oxygen atoms in total. The molecule has 1 aromatic heterocycles.